The molecule has 2 aromatic heterocycles. The first-order valence-electron chi connectivity index (χ1n) is 9.84. The van der Waals surface area contributed by atoms with E-state index >= 15 is 0 Å². The predicted octanol–water partition coefficient (Wildman–Crippen LogP) is 5.05. The van der Waals surface area contributed by atoms with E-state index in [0.717, 1.165) is 5.56 Å². The Morgan fingerprint density at radius 2 is 1.80 bits per heavy atom. The van der Waals surface area contributed by atoms with Crippen LogP contribution in [0.3, 0.4) is 0 Å². The Balaban J connectivity index is 1.60. The highest BCUT2D eigenvalue weighted by Gasteiger charge is 2.23. The zero-order valence-corrected chi connectivity index (χ0v) is 18.3. The minimum atomic E-state index is -0.521. The van der Waals surface area contributed by atoms with Crippen molar-refractivity contribution in [1.82, 2.24) is 10.2 Å². The molecule has 0 spiro atoms. The van der Waals surface area contributed by atoms with Crippen molar-refractivity contribution >= 4 is 5.97 Å². The second kappa shape index (κ2) is 8.34. The molecule has 1 aromatic carbocycles. The van der Waals surface area contributed by atoms with Crippen molar-refractivity contribution < 1.29 is 23.1 Å². The van der Waals surface area contributed by atoms with Gasteiger partial charge in [-0.1, -0.05) is 53.7 Å². The van der Waals surface area contributed by atoms with Crippen LogP contribution in [0.1, 0.15) is 58.6 Å². The number of ether oxygens (including phenoxy) is 2. The summed E-state index contributed by atoms with van der Waals surface area (Å²) in [6, 6.07) is 9.52. The Bertz CT molecular complexity index is 992. The molecule has 0 fully saturated rings. The van der Waals surface area contributed by atoms with Gasteiger partial charge in [-0.15, -0.1) is 10.2 Å². The minimum absolute atomic E-state index is 0.0238. The van der Waals surface area contributed by atoms with Crippen LogP contribution < -0.4 is 4.74 Å². The maximum absolute atomic E-state index is 12.2. The van der Waals surface area contributed by atoms with Crippen molar-refractivity contribution in [3.05, 3.63) is 53.6 Å². The molecule has 30 heavy (non-hydrogen) atoms. The number of esters is 1. The summed E-state index contributed by atoms with van der Waals surface area (Å²) in [5.41, 5.74) is 2.15. The molecule has 0 saturated heterocycles. The van der Waals surface area contributed by atoms with Crippen LogP contribution in [0.2, 0.25) is 0 Å². The second-order valence-electron chi connectivity index (χ2n) is 9.14. The first-order chi connectivity index (χ1) is 14.0. The highest BCUT2D eigenvalue weighted by Crippen LogP contribution is 2.35. The summed E-state index contributed by atoms with van der Waals surface area (Å²) in [5.74, 6) is 1.02. The Hall–Kier alpha value is -3.09. The molecule has 0 bridgehead atoms. The van der Waals surface area contributed by atoms with Gasteiger partial charge < -0.3 is 18.3 Å². The summed E-state index contributed by atoms with van der Waals surface area (Å²) in [6.45, 7) is 12.5. The monoisotopic (exact) mass is 412 g/mol. The van der Waals surface area contributed by atoms with E-state index in [1.54, 1.807) is 12.1 Å². The van der Waals surface area contributed by atoms with Crippen LogP contribution in [-0.2, 0) is 27.0 Å². The number of aromatic nitrogens is 2. The molecule has 160 valence electrons. The molecule has 0 radical (unpaired) electrons. The van der Waals surface area contributed by atoms with Gasteiger partial charge in [-0.2, -0.15) is 0 Å². The van der Waals surface area contributed by atoms with E-state index in [1.807, 2.05) is 12.1 Å². The van der Waals surface area contributed by atoms with Crippen LogP contribution >= 0.6 is 0 Å². The third kappa shape index (κ3) is 5.28. The number of furan rings is 1. The van der Waals surface area contributed by atoms with Crippen molar-refractivity contribution in [2.75, 3.05) is 6.61 Å². The van der Waals surface area contributed by atoms with E-state index in [-0.39, 0.29) is 35.8 Å². The van der Waals surface area contributed by atoms with Crippen LogP contribution in [0, 0.1) is 0 Å². The molecule has 2 heterocycles. The van der Waals surface area contributed by atoms with Crippen LogP contribution in [0.15, 0.2) is 45.4 Å². The first-order valence-corrected chi connectivity index (χ1v) is 9.84. The number of carbonyl (C=O) groups excluding carboxylic acids is 1. The molecular formula is C23H28N2O5. The van der Waals surface area contributed by atoms with Crippen molar-refractivity contribution in [3.63, 3.8) is 0 Å². The average Bonchev–Trinajstić information content (AvgIpc) is 3.34. The van der Waals surface area contributed by atoms with Gasteiger partial charge in [-0.3, -0.25) is 0 Å². The lowest BCUT2D eigenvalue weighted by Crippen LogP contribution is -2.20. The maximum Gasteiger partial charge on any atom is 0.344 e. The van der Waals surface area contributed by atoms with Gasteiger partial charge in [0.1, 0.15) is 5.75 Å². The number of benzene rings is 1. The first kappa shape index (κ1) is 21.6. The fourth-order valence-corrected chi connectivity index (χ4v) is 2.84. The highest BCUT2D eigenvalue weighted by molar-refractivity contribution is 5.71. The molecule has 0 atom stereocenters. The Morgan fingerprint density at radius 3 is 2.43 bits per heavy atom. The van der Waals surface area contributed by atoms with Gasteiger partial charge in [0, 0.05) is 0 Å². The van der Waals surface area contributed by atoms with Gasteiger partial charge in [0.15, 0.2) is 19.0 Å². The molecule has 7 heteroatoms. The largest absolute Gasteiger partial charge is 0.482 e. The third-order valence-corrected chi connectivity index (χ3v) is 4.55. The van der Waals surface area contributed by atoms with E-state index in [0.29, 0.717) is 11.5 Å². The lowest BCUT2D eigenvalue weighted by Gasteiger charge is -2.27. The zero-order valence-electron chi connectivity index (χ0n) is 18.3. The van der Waals surface area contributed by atoms with Gasteiger partial charge in [0.2, 0.25) is 0 Å². The summed E-state index contributed by atoms with van der Waals surface area (Å²) >= 11 is 0. The molecule has 0 aliphatic heterocycles. The second-order valence-corrected chi connectivity index (χ2v) is 9.14. The summed E-state index contributed by atoms with van der Waals surface area (Å²) in [6.07, 6.45) is 1.51. The van der Waals surface area contributed by atoms with Gasteiger partial charge in [0.25, 0.3) is 11.8 Å². The minimum Gasteiger partial charge on any atom is -0.482 e. The molecule has 0 amide bonds. The Kier molecular flexibility index (Phi) is 6.01. The fraction of sp³-hybridized carbons (Fsp3) is 0.435. The molecule has 0 aliphatic rings. The number of rotatable bonds is 6. The van der Waals surface area contributed by atoms with E-state index in [2.05, 4.69) is 57.8 Å². The number of hydrogen-bond donors (Lipinski definition) is 0. The average molecular weight is 412 g/mol. The number of carbonyl (C=O) groups is 1. The smallest absolute Gasteiger partial charge is 0.344 e. The van der Waals surface area contributed by atoms with Crippen molar-refractivity contribution in [1.29, 1.82) is 0 Å². The quantitative estimate of drug-likeness (QED) is 0.524. The Labute approximate surface area is 176 Å². The van der Waals surface area contributed by atoms with E-state index in [4.69, 9.17) is 18.3 Å². The van der Waals surface area contributed by atoms with Crippen molar-refractivity contribution in [3.8, 4) is 17.4 Å². The van der Waals surface area contributed by atoms with Crippen molar-refractivity contribution in [2.45, 2.75) is 59.0 Å². The van der Waals surface area contributed by atoms with Gasteiger partial charge >= 0.3 is 5.97 Å². The fourth-order valence-electron chi connectivity index (χ4n) is 2.84. The molecule has 0 saturated carbocycles. The topological polar surface area (TPSA) is 87.6 Å². The molecule has 3 aromatic rings. The maximum atomic E-state index is 12.2. The highest BCUT2D eigenvalue weighted by atomic mass is 16.6. The number of nitrogens with zero attached hydrogens (tertiary/aromatic N) is 2. The lowest BCUT2D eigenvalue weighted by molar-refractivity contribution is -0.148. The van der Waals surface area contributed by atoms with E-state index in [9.17, 15) is 4.79 Å². The van der Waals surface area contributed by atoms with Crippen molar-refractivity contribution in [2.24, 2.45) is 0 Å². The lowest BCUT2D eigenvalue weighted by atomic mass is 9.80. The van der Waals surface area contributed by atoms with Gasteiger partial charge in [0.05, 0.1) is 6.26 Å². The summed E-state index contributed by atoms with van der Waals surface area (Å²) < 4.78 is 21.6. The molecular weight excluding hydrogens is 384 g/mol. The summed E-state index contributed by atoms with van der Waals surface area (Å²) in [4.78, 5) is 12.2. The molecule has 0 N–H and O–H groups in total. The summed E-state index contributed by atoms with van der Waals surface area (Å²) in [7, 11) is 0. The normalized spacial score (nSPS) is 12.1. The van der Waals surface area contributed by atoms with Gasteiger partial charge in [-0.05, 0) is 40.2 Å². The van der Waals surface area contributed by atoms with E-state index < -0.39 is 5.97 Å². The zero-order chi connectivity index (χ0) is 21.9. The molecule has 3 rings (SSSR count). The van der Waals surface area contributed by atoms with Crippen LogP contribution in [-0.4, -0.2) is 22.8 Å². The Morgan fingerprint density at radius 1 is 1.03 bits per heavy atom. The van der Waals surface area contributed by atoms with Gasteiger partial charge in [-0.25, -0.2) is 4.79 Å². The standard InChI is InChI=1S/C23H28N2O5/c1-22(2,3)15-9-10-17(16(12-15)23(4,5)6)28-14-20(26)29-13-19-24-25-21(30-19)18-8-7-11-27-18/h7-12H,13-14H2,1-6H3. The summed E-state index contributed by atoms with van der Waals surface area (Å²) in [5, 5.41) is 7.71. The van der Waals surface area contributed by atoms with Crippen LogP contribution in [0.5, 0.6) is 5.75 Å². The molecule has 0 unspecified atom stereocenters. The van der Waals surface area contributed by atoms with Crippen LogP contribution in [0.4, 0.5) is 0 Å². The molecule has 7 nitrogen and oxygen atoms in total. The SMILES string of the molecule is CC(C)(C)c1ccc(OCC(=O)OCc2nnc(-c3ccco3)o2)c(C(C)(C)C)c1. The third-order valence-electron chi connectivity index (χ3n) is 4.55. The number of hydrogen-bond acceptors (Lipinski definition) is 7. The van der Waals surface area contributed by atoms with Crippen LogP contribution in [0.25, 0.3) is 11.7 Å². The predicted molar refractivity (Wildman–Crippen MR) is 111 cm³/mol. The molecule has 0 aliphatic carbocycles. The van der Waals surface area contributed by atoms with E-state index in [1.165, 1.54) is 11.8 Å².